The van der Waals surface area contributed by atoms with Gasteiger partial charge in [-0.3, -0.25) is 9.59 Å². The number of amides is 2. The van der Waals surface area contributed by atoms with Gasteiger partial charge < -0.3 is 10.2 Å². The van der Waals surface area contributed by atoms with Crippen LogP contribution in [0.2, 0.25) is 5.02 Å². The molecule has 1 heterocycles. The van der Waals surface area contributed by atoms with Crippen molar-refractivity contribution in [1.29, 1.82) is 0 Å². The van der Waals surface area contributed by atoms with E-state index in [1.54, 1.807) is 11.0 Å². The van der Waals surface area contributed by atoms with Crippen LogP contribution in [0.5, 0.6) is 0 Å². The molecule has 2 amide bonds. The lowest BCUT2D eigenvalue weighted by Crippen LogP contribution is -2.28. The summed E-state index contributed by atoms with van der Waals surface area (Å²) in [5.41, 5.74) is 3.46. The van der Waals surface area contributed by atoms with Crippen LogP contribution in [0.4, 0.5) is 11.4 Å². The summed E-state index contributed by atoms with van der Waals surface area (Å²) in [6, 6.07) is 11.1. The Balaban J connectivity index is 1.71. The standard InChI is InChI=1S/C19H18BrClN2O2/c1-11-3-5-15(9-17(11)21)23-10-13(8-18(23)24)19(25)22-14-4-6-16(20)12(2)7-14/h3-7,9,13H,8,10H2,1-2H3,(H,22,25)/t13-/m1/s1. The predicted octanol–water partition coefficient (Wildman–Crippen LogP) is 4.71. The molecule has 0 saturated carbocycles. The second-order valence-corrected chi connectivity index (χ2v) is 7.55. The average molecular weight is 422 g/mol. The van der Waals surface area contributed by atoms with E-state index in [1.165, 1.54) is 0 Å². The molecule has 4 nitrogen and oxygen atoms in total. The van der Waals surface area contributed by atoms with E-state index in [0.29, 0.717) is 11.6 Å². The van der Waals surface area contributed by atoms with Crippen LogP contribution in [0.3, 0.4) is 0 Å². The largest absolute Gasteiger partial charge is 0.326 e. The highest BCUT2D eigenvalue weighted by molar-refractivity contribution is 9.10. The fourth-order valence-corrected chi connectivity index (χ4v) is 3.27. The van der Waals surface area contributed by atoms with Crippen molar-refractivity contribution in [2.75, 3.05) is 16.8 Å². The van der Waals surface area contributed by atoms with E-state index in [9.17, 15) is 9.59 Å². The highest BCUT2D eigenvalue weighted by atomic mass is 79.9. The van der Waals surface area contributed by atoms with Gasteiger partial charge in [0.05, 0.1) is 5.92 Å². The Labute approximate surface area is 160 Å². The molecule has 2 aromatic carbocycles. The number of hydrogen-bond donors (Lipinski definition) is 1. The normalized spacial score (nSPS) is 17.0. The zero-order valence-corrected chi connectivity index (χ0v) is 16.3. The van der Waals surface area contributed by atoms with Crippen LogP contribution in [0.25, 0.3) is 0 Å². The Morgan fingerprint density at radius 1 is 1.20 bits per heavy atom. The smallest absolute Gasteiger partial charge is 0.229 e. The zero-order valence-electron chi connectivity index (χ0n) is 14.0. The van der Waals surface area contributed by atoms with Gasteiger partial charge in [-0.25, -0.2) is 0 Å². The molecule has 0 aliphatic carbocycles. The van der Waals surface area contributed by atoms with Gasteiger partial charge in [-0.2, -0.15) is 0 Å². The molecule has 0 aromatic heterocycles. The van der Waals surface area contributed by atoms with E-state index in [0.717, 1.165) is 27.0 Å². The number of carbonyl (C=O) groups excluding carboxylic acids is 2. The molecule has 0 bridgehead atoms. The molecule has 2 aromatic rings. The van der Waals surface area contributed by atoms with Gasteiger partial charge in [0, 0.05) is 33.8 Å². The van der Waals surface area contributed by atoms with Crippen molar-refractivity contribution in [3.63, 3.8) is 0 Å². The lowest BCUT2D eigenvalue weighted by molar-refractivity contribution is -0.122. The van der Waals surface area contributed by atoms with E-state index in [1.807, 2.05) is 44.2 Å². The number of hydrogen-bond acceptors (Lipinski definition) is 2. The van der Waals surface area contributed by atoms with Gasteiger partial charge in [0.1, 0.15) is 0 Å². The van der Waals surface area contributed by atoms with Crippen LogP contribution < -0.4 is 10.2 Å². The third-order valence-electron chi connectivity index (χ3n) is 4.39. The number of rotatable bonds is 3. The number of halogens is 2. The molecule has 0 radical (unpaired) electrons. The number of anilines is 2. The van der Waals surface area contributed by atoms with Crippen molar-refractivity contribution in [2.24, 2.45) is 5.92 Å². The van der Waals surface area contributed by atoms with E-state index >= 15 is 0 Å². The number of nitrogens with one attached hydrogen (secondary N) is 1. The molecule has 0 unspecified atom stereocenters. The molecular formula is C19H18BrClN2O2. The monoisotopic (exact) mass is 420 g/mol. The fourth-order valence-electron chi connectivity index (χ4n) is 2.85. The first-order valence-corrected chi connectivity index (χ1v) is 9.16. The molecule has 1 aliphatic heterocycles. The van der Waals surface area contributed by atoms with Gasteiger partial charge in [0.25, 0.3) is 0 Å². The van der Waals surface area contributed by atoms with Gasteiger partial charge in [-0.05, 0) is 55.3 Å². The highest BCUT2D eigenvalue weighted by Gasteiger charge is 2.35. The first-order chi connectivity index (χ1) is 11.8. The first-order valence-electron chi connectivity index (χ1n) is 7.98. The summed E-state index contributed by atoms with van der Waals surface area (Å²) in [6.07, 6.45) is 0.201. The lowest BCUT2D eigenvalue weighted by atomic mass is 10.1. The van der Waals surface area contributed by atoms with Crippen molar-refractivity contribution in [2.45, 2.75) is 20.3 Å². The summed E-state index contributed by atoms with van der Waals surface area (Å²) >= 11 is 9.59. The maximum absolute atomic E-state index is 12.5. The van der Waals surface area contributed by atoms with Crippen molar-refractivity contribution in [3.05, 3.63) is 57.0 Å². The van der Waals surface area contributed by atoms with Gasteiger partial charge in [-0.15, -0.1) is 0 Å². The average Bonchev–Trinajstić information content (AvgIpc) is 2.95. The summed E-state index contributed by atoms with van der Waals surface area (Å²) < 4.78 is 0.990. The molecule has 1 saturated heterocycles. The van der Waals surface area contributed by atoms with Crippen LogP contribution in [0, 0.1) is 19.8 Å². The minimum absolute atomic E-state index is 0.0629. The van der Waals surface area contributed by atoms with Crippen LogP contribution in [0.1, 0.15) is 17.5 Å². The second-order valence-electron chi connectivity index (χ2n) is 6.29. The second kappa shape index (κ2) is 7.18. The predicted molar refractivity (Wildman–Crippen MR) is 104 cm³/mol. The van der Waals surface area contributed by atoms with Crippen LogP contribution in [-0.4, -0.2) is 18.4 Å². The molecule has 1 fully saturated rings. The first kappa shape index (κ1) is 18.0. The van der Waals surface area contributed by atoms with E-state index in [-0.39, 0.29) is 24.2 Å². The highest BCUT2D eigenvalue weighted by Crippen LogP contribution is 2.29. The Bertz CT molecular complexity index is 853. The minimum Gasteiger partial charge on any atom is -0.326 e. The Hall–Kier alpha value is -1.85. The fraction of sp³-hybridized carbons (Fsp3) is 0.263. The number of benzene rings is 2. The molecule has 3 rings (SSSR count). The summed E-state index contributed by atoms with van der Waals surface area (Å²) in [6.45, 7) is 4.23. The Morgan fingerprint density at radius 2 is 1.96 bits per heavy atom. The minimum atomic E-state index is -0.378. The molecule has 1 N–H and O–H groups in total. The molecule has 0 spiro atoms. The summed E-state index contributed by atoms with van der Waals surface area (Å²) in [4.78, 5) is 26.5. The lowest BCUT2D eigenvalue weighted by Gasteiger charge is -2.17. The van der Waals surface area contributed by atoms with Crippen LogP contribution >= 0.6 is 27.5 Å². The summed E-state index contributed by atoms with van der Waals surface area (Å²) in [5, 5.41) is 3.51. The number of carbonyl (C=O) groups is 2. The third-order valence-corrected chi connectivity index (χ3v) is 5.69. The van der Waals surface area contributed by atoms with E-state index < -0.39 is 0 Å². The van der Waals surface area contributed by atoms with Gasteiger partial charge in [0.15, 0.2) is 0 Å². The molecule has 130 valence electrons. The Morgan fingerprint density at radius 3 is 2.64 bits per heavy atom. The zero-order chi connectivity index (χ0) is 18.1. The van der Waals surface area contributed by atoms with Gasteiger partial charge >= 0.3 is 0 Å². The van der Waals surface area contributed by atoms with Crippen LogP contribution in [0.15, 0.2) is 40.9 Å². The van der Waals surface area contributed by atoms with Gasteiger partial charge in [-0.1, -0.05) is 33.6 Å². The SMILES string of the molecule is Cc1ccc(N2C[C@H](C(=O)Nc3ccc(Br)c(C)c3)CC2=O)cc1Cl. The van der Waals surface area contributed by atoms with E-state index in [4.69, 9.17) is 11.6 Å². The molecule has 1 aliphatic rings. The van der Waals surface area contributed by atoms with E-state index in [2.05, 4.69) is 21.2 Å². The maximum atomic E-state index is 12.5. The third kappa shape index (κ3) is 3.88. The molecular weight excluding hydrogens is 404 g/mol. The van der Waals surface area contributed by atoms with Crippen LogP contribution in [-0.2, 0) is 9.59 Å². The van der Waals surface area contributed by atoms with Crippen molar-refractivity contribution < 1.29 is 9.59 Å². The summed E-state index contributed by atoms with van der Waals surface area (Å²) in [7, 11) is 0. The topological polar surface area (TPSA) is 49.4 Å². The summed E-state index contributed by atoms with van der Waals surface area (Å²) in [5.74, 6) is -0.584. The number of aryl methyl sites for hydroxylation is 2. The molecule has 25 heavy (non-hydrogen) atoms. The Kier molecular flexibility index (Phi) is 5.16. The molecule has 6 heteroatoms. The molecule has 1 atom stereocenters. The van der Waals surface area contributed by atoms with Crippen molar-refractivity contribution in [3.8, 4) is 0 Å². The maximum Gasteiger partial charge on any atom is 0.229 e. The van der Waals surface area contributed by atoms with Gasteiger partial charge in [0.2, 0.25) is 11.8 Å². The quantitative estimate of drug-likeness (QED) is 0.780. The van der Waals surface area contributed by atoms with Crippen molar-refractivity contribution >= 4 is 50.7 Å². The number of nitrogens with zero attached hydrogens (tertiary/aromatic N) is 1. The van der Waals surface area contributed by atoms with Crippen molar-refractivity contribution in [1.82, 2.24) is 0 Å².